The van der Waals surface area contributed by atoms with Crippen molar-refractivity contribution >= 4 is 17.7 Å². The minimum absolute atomic E-state index is 0.301. The highest BCUT2D eigenvalue weighted by Crippen LogP contribution is 2.32. The Labute approximate surface area is 142 Å². The highest BCUT2D eigenvalue weighted by Gasteiger charge is 2.28. The number of likely N-dealkylation sites (tertiary alicyclic amines) is 1. The molecule has 128 valence electrons. The lowest BCUT2D eigenvalue weighted by Crippen LogP contribution is -2.40. The summed E-state index contributed by atoms with van der Waals surface area (Å²) in [6.07, 6.45) is 8.77. The fraction of sp³-hybridized carbons (Fsp3) is 0.765. The van der Waals surface area contributed by atoms with Gasteiger partial charge in [-0.05, 0) is 37.4 Å². The largest absolute Gasteiger partial charge is 0.383 e. The minimum atomic E-state index is 0.301. The van der Waals surface area contributed by atoms with Gasteiger partial charge in [0, 0.05) is 45.1 Å². The van der Waals surface area contributed by atoms with Gasteiger partial charge in [-0.3, -0.25) is 4.79 Å². The number of carbonyl (C=O) groups excluding carboxylic acids is 1. The molecule has 2 aliphatic rings. The summed E-state index contributed by atoms with van der Waals surface area (Å²) in [5, 5.41) is 0. The number of aromatic nitrogens is 2. The topological polar surface area (TPSA) is 47.4 Å². The van der Waals surface area contributed by atoms with Crippen LogP contribution in [0.1, 0.15) is 37.4 Å². The van der Waals surface area contributed by atoms with Crippen molar-refractivity contribution in [1.82, 2.24) is 14.5 Å². The van der Waals surface area contributed by atoms with Gasteiger partial charge in [-0.2, -0.15) is 11.8 Å². The number of hydrogen-bond acceptors (Lipinski definition) is 4. The molecule has 1 aromatic heterocycles. The van der Waals surface area contributed by atoms with Crippen LogP contribution in [0.15, 0.2) is 12.4 Å². The predicted molar refractivity (Wildman–Crippen MR) is 92.7 cm³/mol. The second kappa shape index (κ2) is 8.20. The first kappa shape index (κ1) is 16.8. The molecule has 6 heteroatoms. The van der Waals surface area contributed by atoms with Crippen molar-refractivity contribution < 1.29 is 9.53 Å². The van der Waals surface area contributed by atoms with Gasteiger partial charge in [0.2, 0.25) is 5.91 Å². The van der Waals surface area contributed by atoms with E-state index in [2.05, 4.69) is 9.55 Å². The number of nitrogens with zero attached hydrogens (tertiary/aromatic N) is 3. The summed E-state index contributed by atoms with van der Waals surface area (Å²) >= 11 is 1.81. The van der Waals surface area contributed by atoms with E-state index in [1.54, 1.807) is 7.11 Å². The van der Waals surface area contributed by atoms with Gasteiger partial charge in [0.05, 0.1) is 12.4 Å². The minimum Gasteiger partial charge on any atom is -0.383 e. The molecule has 1 aliphatic carbocycles. The Morgan fingerprint density at radius 3 is 3.09 bits per heavy atom. The lowest BCUT2D eigenvalue weighted by atomic mass is 9.97. The number of amides is 1. The molecule has 1 amide bonds. The summed E-state index contributed by atoms with van der Waals surface area (Å²) in [5.74, 6) is 4.44. The van der Waals surface area contributed by atoms with Crippen LogP contribution in [0.5, 0.6) is 0 Å². The monoisotopic (exact) mass is 337 g/mol. The van der Waals surface area contributed by atoms with Crippen molar-refractivity contribution in [3.8, 4) is 0 Å². The van der Waals surface area contributed by atoms with Crippen LogP contribution in [0.4, 0.5) is 0 Å². The zero-order valence-electron chi connectivity index (χ0n) is 13.9. The number of rotatable bonds is 8. The Kier molecular flexibility index (Phi) is 6.00. The van der Waals surface area contributed by atoms with E-state index in [0.29, 0.717) is 24.2 Å². The number of imidazole rings is 1. The predicted octanol–water partition coefficient (Wildman–Crippen LogP) is 2.38. The fourth-order valence-electron chi connectivity index (χ4n) is 3.16. The van der Waals surface area contributed by atoms with Gasteiger partial charge in [0.25, 0.3) is 0 Å². The molecular weight excluding hydrogens is 310 g/mol. The Hall–Kier alpha value is -1.01. The average molecular weight is 337 g/mol. The van der Waals surface area contributed by atoms with Crippen LogP contribution in [-0.2, 0) is 16.1 Å². The average Bonchev–Trinajstić information content (AvgIpc) is 3.28. The van der Waals surface area contributed by atoms with E-state index in [4.69, 9.17) is 4.74 Å². The van der Waals surface area contributed by atoms with E-state index in [9.17, 15) is 4.79 Å². The van der Waals surface area contributed by atoms with Gasteiger partial charge in [0.15, 0.2) is 0 Å². The molecule has 1 unspecified atom stereocenters. The molecule has 0 radical (unpaired) electrons. The number of piperidine rings is 1. The second-order valence-corrected chi connectivity index (χ2v) is 7.64. The summed E-state index contributed by atoms with van der Waals surface area (Å²) in [7, 11) is 1.72. The van der Waals surface area contributed by atoms with Crippen LogP contribution in [-0.4, -0.2) is 58.7 Å². The summed E-state index contributed by atoms with van der Waals surface area (Å²) in [5.41, 5.74) is 0. The first-order chi connectivity index (χ1) is 11.3. The van der Waals surface area contributed by atoms with Gasteiger partial charge < -0.3 is 14.2 Å². The molecule has 0 bridgehead atoms. The van der Waals surface area contributed by atoms with Crippen molar-refractivity contribution in [3.05, 3.63) is 18.2 Å². The van der Waals surface area contributed by atoms with E-state index >= 15 is 0 Å². The zero-order chi connectivity index (χ0) is 16.1. The normalized spacial score (nSPS) is 21.6. The van der Waals surface area contributed by atoms with E-state index < -0.39 is 0 Å². The Bertz CT molecular complexity index is 516. The van der Waals surface area contributed by atoms with E-state index in [-0.39, 0.29) is 0 Å². The van der Waals surface area contributed by atoms with E-state index in [0.717, 1.165) is 50.0 Å². The third kappa shape index (κ3) is 4.73. The lowest BCUT2D eigenvalue weighted by molar-refractivity contribution is -0.129. The highest BCUT2D eigenvalue weighted by molar-refractivity contribution is 7.99. The molecule has 0 spiro atoms. The fourth-order valence-corrected chi connectivity index (χ4v) is 4.30. The van der Waals surface area contributed by atoms with Gasteiger partial charge in [-0.1, -0.05) is 0 Å². The molecule has 1 atom stereocenters. The molecule has 2 heterocycles. The number of methoxy groups -OCH3 is 1. The lowest BCUT2D eigenvalue weighted by Gasteiger charge is -2.32. The molecular formula is C17H27N3O2S. The number of hydrogen-bond donors (Lipinski definition) is 0. The quantitative estimate of drug-likeness (QED) is 0.731. The van der Waals surface area contributed by atoms with Crippen molar-refractivity contribution in [2.24, 2.45) is 5.92 Å². The van der Waals surface area contributed by atoms with Crippen molar-refractivity contribution in [1.29, 1.82) is 0 Å². The SMILES string of the molecule is COCCn1ccnc1C1CCCN(C(=O)CSCC2CC2)C1. The van der Waals surface area contributed by atoms with E-state index in [1.807, 2.05) is 29.1 Å². The van der Waals surface area contributed by atoms with Gasteiger partial charge in [0.1, 0.15) is 5.82 Å². The molecule has 1 saturated carbocycles. The zero-order valence-corrected chi connectivity index (χ0v) is 14.8. The number of ether oxygens (including phenoxy) is 1. The maximum absolute atomic E-state index is 12.4. The summed E-state index contributed by atoms with van der Waals surface area (Å²) in [6, 6.07) is 0. The van der Waals surface area contributed by atoms with Crippen LogP contribution in [0.25, 0.3) is 0 Å². The Balaban J connectivity index is 1.52. The Morgan fingerprint density at radius 2 is 2.30 bits per heavy atom. The maximum Gasteiger partial charge on any atom is 0.232 e. The second-order valence-electron chi connectivity index (χ2n) is 6.61. The van der Waals surface area contributed by atoms with E-state index in [1.165, 1.54) is 12.8 Å². The molecule has 0 N–H and O–H groups in total. The molecule has 1 aliphatic heterocycles. The first-order valence-corrected chi connectivity index (χ1v) is 9.79. The third-order valence-corrected chi connectivity index (χ3v) is 5.86. The summed E-state index contributed by atoms with van der Waals surface area (Å²) in [6.45, 7) is 3.23. The Morgan fingerprint density at radius 1 is 1.43 bits per heavy atom. The standard InChI is InChI=1S/C17H27N3O2S/c1-22-10-9-19-8-6-18-17(19)15-3-2-7-20(11-15)16(21)13-23-12-14-4-5-14/h6,8,14-15H,2-5,7,9-13H2,1H3. The van der Waals surface area contributed by atoms with Gasteiger partial charge in [-0.25, -0.2) is 4.98 Å². The third-order valence-electron chi connectivity index (χ3n) is 4.70. The van der Waals surface area contributed by atoms with Crippen LogP contribution in [0.3, 0.4) is 0 Å². The summed E-state index contributed by atoms with van der Waals surface area (Å²) in [4.78, 5) is 19.0. The smallest absolute Gasteiger partial charge is 0.232 e. The van der Waals surface area contributed by atoms with Crippen LogP contribution in [0, 0.1) is 5.92 Å². The maximum atomic E-state index is 12.4. The van der Waals surface area contributed by atoms with Gasteiger partial charge >= 0.3 is 0 Å². The van der Waals surface area contributed by atoms with Crippen molar-refractivity contribution in [2.45, 2.75) is 38.1 Å². The van der Waals surface area contributed by atoms with Gasteiger partial charge in [-0.15, -0.1) is 0 Å². The van der Waals surface area contributed by atoms with Crippen LogP contribution in [0.2, 0.25) is 0 Å². The molecule has 23 heavy (non-hydrogen) atoms. The molecule has 3 rings (SSSR count). The number of carbonyl (C=O) groups is 1. The van der Waals surface area contributed by atoms with Crippen molar-refractivity contribution in [2.75, 3.05) is 38.3 Å². The van der Waals surface area contributed by atoms with Crippen LogP contribution >= 0.6 is 11.8 Å². The first-order valence-electron chi connectivity index (χ1n) is 8.63. The molecule has 0 aromatic carbocycles. The molecule has 1 aromatic rings. The number of thioether (sulfide) groups is 1. The van der Waals surface area contributed by atoms with Crippen molar-refractivity contribution in [3.63, 3.8) is 0 Å². The van der Waals surface area contributed by atoms with Crippen LogP contribution < -0.4 is 0 Å². The molecule has 5 nitrogen and oxygen atoms in total. The highest BCUT2D eigenvalue weighted by atomic mass is 32.2. The summed E-state index contributed by atoms with van der Waals surface area (Å²) < 4.78 is 7.34. The molecule has 1 saturated heterocycles. The molecule has 2 fully saturated rings.